The van der Waals surface area contributed by atoms with Gasteiger partial charge in [-0.25, -0.2) is 0 Å². The maximum atomic E-state index is 10.6. The predicted molar refractivity (Wildman–Crippen MR) is 48.1 cm³/mol. The Hall–Kier alpha value is -1.36. The van der Waals surface area contributed by atoms with Crippen molar-refractivity contribution in [3.8, 4) is 0 Å². The second-order valence-corrected chi connectivity index (χ2v) is 2.54. The second-order valence-electron chi connectivity index (χ2n) is 2.54. The van der Waals surface area contributed by atoms with Crippen LogP contribution in [-0.4, -0.2) is 29.6 Å². The molecule has 74 valence electrons. The van der Waals surface area contributed by atoms with E-state index in [9.17, 15) is 9.59 Å². The quantitative estimate of drug-likeness (QED) is 0.467. The maximum absolute atomic E-state index is 10.6. The van der Waals surface area contributed by atoms with Crippen molar-refractivity contribution in [2.75, 3.05) is 6.54 Å². The first-order chi connectivity index (χ1) is 6.57. The van der Waals surface area contributed by atoms with Crippen LogP contribution in [0.2, 0.25) is 0 Å². The van der Waals surface area contributed by atoms with Crippen molar-refractivity contribution < 1.29 is 16.1 Å². The average molecular weight is 187 g/mol. The van der Waals surface area contributed by atoms with Gasteiger partial charge in [-0.3, -0.25) is 9.59 Å². The standard InChI is InChI=1S/C8H14N2O3/c1-2-5-10-6(8(12)13)3-4-7(9)11/h2,6,10H,1,3-5H2,(H2,9,11)(H,12,13)/t6-/m0/s1/i1D. The molecule has 0 spiro atoms. The molecule has 0 aromatic rings. The first-order valence-electron chi connectivity index (χ1n) is 4.43. The zero-order valence-corrected chi connectivity index (χ0v) is 7.19. The van der Waals surface area contributed by atoms with Gasteiger partial charge in [0.1, 0.15) is 6.04 Å². The van der Waals surface area contributed by atoms with Gasteiger partial charge >= 0.3 is 5.97 Å². The van der Waals surface area contributed by atoms with Crippen LogP contribution in [0.4, 0.5) is 0 Å². The van der Waals surface area contributed by atoms with E-state index < -0.39 is 17.9 Å². The molecular formula is C8H14N2O3. The lowest BCUT2D eigenvalue weighted by atomic mass is 10.1. The van der Waals surface area contributed by atoms with Crippen LogP contribution in [0.3, 0.4) is 0 Å². The van der Waals surface area contributed by atoms with E-state index in [1.165, 1.54) is 6.08 Å². The Bertz CT molecular complexity index is 231. The van der Waals surface area contributed by atoms with Crippen LogP contribution in [0.5, 0.6) is 0 Å². The third-order valence-corrected chi connectivity index (χ3v) is 1.46. The summed E-state index contributed by atoms with van der Waals surface area (Å²) >= 11 is 0. The van der Waals surface area contributed by atoms with Crippen molar-refractivity contribution in [3.63, 3.8) is 0 Å². The molecule has 0 saturated heterocycles. The molecule has 0 saturated carbocycles. The molecule has 4 N–H and O–H groups in total. The van der Waals surface area contributed by atoms with Gasteiger partial charge in [0.05, 0.1) is 1.37 Å². The molecular weight excluding hydrogens is 172 g/mol. The number of rotatable bonds is 7. The summed E-state index contributed by atoms with van der Waals surface area (Å²) in [6.45, 7) is 1.36. The largest absolute Gasteiger partial charge is 0.480 e. The number of carboxylic acids is 1. The van der Waals surface area contributed by atoms with Gasteiger partial charge in [-0.15, -0.1) is 6.55 Å². The van der Waals surface area contributed by atoms with Crippen molar-refractivity contribution in [2.24, 2.45) is 5.73 Å². The summed E-state index contributed by atoms with van der Waals surface area (Å²) in [7, 11) is 0. The third kappa shape index (κ3) is 5.86. The SMILES string of the molecule is [2H]C=CCN[C@@H](CCC(N)=O)C(=O)O. The summed E-state index contributed by atoms with van der Waals surface area (Å²) in [6, 6.07) is -0.793. The number of primary amides is 1. The van der Waals surface area contributed by atoms with Crippen LogP contribution in [0.1, 0.15) is 14.2 Å². The number of carbonyl (C=O) groups is 2. The van der Waals surface area contributed by atoms with Gasteiger partial charge in [0.2, 0.25) is 5.91 Å². The molecule has 0 aromatic carbocycles. The first-order valence-corrected chi connectivity index (χ1v) is 3.85. The topological polar surface area (TPSA) is 92.4 Å². The number of carboxylic acid groups (broad SMARTS) is 1. The molecule has 5 heteroatoms. The smallest absolute Gasteiger partial charge is 0.320 e. The molecule has 13 heavy (non-hydrogen) atoms. The summed E-state index contributed by atoms with van der Waals surface area (Å²) in [5, 5.41) is 11.4. The Morgan fingerprint density at radius 3 is 2.92 bits per heavy atom. The van der Waals surface area contributed by atoms with Crippen LogP contribution in [0.15, 0.2) is 12.6 Å². The predicted octanol–water partition coefficient (Wildman–Crippen LogP) is -0.519. The highest BCUT2D eigenvalue weighted by molar-refractivity contribution is 5.77. The molecule has 0 fully saturated rings. The zero-order valence-electron chi connectivity index (χ0n) is 8.19. The number of amides is 1. The van der Waals surface area contributed by atoms with Crippen LogP contribution in [-0.2, 0) is 9.59 Å². The molecule has 0 aliphatic rings. The lowest BCUT2D eigenvalue weighted by Gasteiger charge is -2.11. The van der Waals surface area contributed by atoms with Crippen LogP contribution in [0, 0.1) is 0 Å². The van der Waals surface area contributed by atoms with Crippen molar-refractivity contribution in [1.29, 1.82) is 0 Å². The van der Waals surface area contributed by atoms with E-state index in [1.807, 2.05) is 0 Å². The van der Waals surface area contributed by atoms with Gasteiger partial charge in [-0.05, 0) is 6.42 Å². The van der Waals surface area contributed by atoms with E-state index in [-0.39, 0.29) is 12.8 Å². The van der Waals surface area contributed by atoms with Gasteiger partial charge in [-0.2, -0.15) is 0 Å². The number of aliphatic carboxylic acids is 1. The molecule has 1 amide bonds. The minimum absolute atomic E-state index is 0.0363. The lowest BCUT2D eigenvalue weighted by Crippen LogP contribution is -2.37. The second kappa shape index (κ2) is 6.19. The molecule has 0 aliphatic carbocycles. The highest BCUT2D eigenvalue weighted by Gasteiger charge is 2.16. The van der Waals surface area contributed by atoms with Gasteiger partial charge in [0.25, 0.3) is 0 Å². The summed E-state index contributed by atoms with van der Waals surface area (Å²) in [5.74, 6) is -1.54. The third-order valence-electron chi connectivity index (χ3n) is 1.46. The molecule has 1 atom stereocenters. The van der Waals surface area contributed by atoms with Crippen molar-refractivity contribution in [2.45, 2.75) is 18.9 Å². The van der Waals surface area contributed by atoms with E-state index >= 15 is 0 Å². The fourth-order valence-electron chi connectivity index (χ4n) is 0.810. The average Bonchev–Trinajstić information content (AvgIpc) is 2.10. The Morgan fingerprint density at radius 1 is 1.77 bits per heavy atom. The Kier molecular flexibility index (Phi) is 4.63. The number of nitrogens with two attached hydrogens (primary N) is 1. The molecule has 0 aliphatic heterocycles. The molecule has 0 rings (SSSR count). The fraction of sp³-hybridized carbons (Fsp3) is 0.500. The summed E-state index contributed by atoms with van der Waals surface area (Å²) < 4.78 is 6.68. The van der Waals surface area contributed by atoms with E-state index in [2.05, 4.69) is 5.32 Å². The van der Waals surface area contributed by atoms with Gasteiger partial charge in [0, 0.05) is 13.0 Å². The minimum Gasteiger partial charge on any atom is -0.480 e. The van der Waals surface area contributed by atoms with Crippen LogP contribution >= 0.6 is 0 Å². The van der Waals surface area contributed by atoms with E-state index in [1.54, 1.807) is 0 Å². The van der Waals surface area contributed by atoms with Gasteiger partial charge in [0.15, 0.2) is 0 Å². The first kappa shape index (κ1) is 9.73. The Balaban J connectivity index is 3.89. The summed E-state index contributed by atoms with van der Waals surface area (Å²) in [4.78, 5) is 21.0. The lowest BCUT2D eigenvalue weighted by molar-refractivity contribution is -0.139. The highest BCUT2D eigenvalue weighted by Crippen LogP contribution is 1.96. The minimum atomic E-state index is -1.02. The maximum Gasteiger partial charge on any atom is 0.320 e. The summed E-state index contributed by atoms with van der Waals surface area (Å²) in [5.41, 5.74) is 4.89. The molecule has 0 aromatic heterocycles. The van der Waals surface area contributed by atoms with Crippen molar-refractivity contribution >= 4 is 11.9 Å². The molecule has 5 nitrogen and oxygen atoms in total. The summed E-state index contributed by atoms with van der Waals surface area (Å²) in [6.07, 6.45) is 1.67. The van der Waals surface area contributed by atoms with E-state index in [4.69, 9.17) is 12.2 Å². The number of carbonyl (C=O) groups excluding carboxylic acids is 1. The fourth-order valence-corrected chi connectivity index (χ4v) is 0.810. The molecule has 0 bridgehead atoms. The molecule has 0 heterocycles. The number of hydrogen-bond acceptors (Lipinski definition) is 3. The van der Waals surface area contributed by atoms with E-state index in [0.29, 0.717) is 6.54 Å². The normalized spacial score (nSPS) is 14.0. The van der Waals surface area contributed by atoms with Gasteiger partial charge < -0.3 is 16.2 Å². The zero-order chi connectivity index (χ0) is 11.0. The number of hydrogen-bond donors (Lipinski definition) is 3. The Labute approximate surface area is 78.0 Å². The van der Waals surface area contributed by atoms with E-state index in [0.717, 1.165) is 6.55 Å². The number of nitrogens with one attached hydrogen (secondary N) is 1. The van der Waals surface area contributed by atoms with Crippen LogP contribution < -0.4 is 11.1 Å². The Morgan fingerprint density at radius 2 is 2.46 bits per heavy atom. The monoisotopic (exact) mass is 187 g/mol. The van der Waals surface area contributed by atoms with Crippen molar-refractivity contribution in [1.82, 2.24) is 5.32 Å². The molecule has 0 radical (unpaired) electrons. The van der Waals surface area contributed by atoms with Gasteiger partial charge in [-0.1, -0.05) is 6.08 Å². The van der Waals surface area contributed by atoms with Crippen molar-refractivity contribution in [3.05, 3.63) is 12.6 Å². The highest BCUT2D eigenvalue weighted by atomic mass is 16.4. The molecule has 0 unspecified atom stereocenters. The van der Waals surface area contributed by atoms with Crippen LogP contribution in [0.25, 0.3) is 0 Å².